The minimum atomic E-state index is -0.258. The van der Waals surface area contributed by atoms with Crippen LogP contribution in [0.3, 0.4) is 0 Å². The van der Waals surface area contributed by atoms with E-state index in [2.05, 4.69) is 13.8 Å². The van der Waals surface area contributed by atoms with E-state index in [0.29, 0.717) is 0 Å². The van der Waals surface area contributed by atoms with E-state index in [0.717, 1.165) is 25.9 Å². The Morgan fingerprint density at radius 2 is 0.750 bits per heavy atom. The predicted octanol–water partition coefficient (Wildman–Crippen LogP) is 9.49. The Morgan fingerprint density at radius 3 is 1.00 bits per heavy atom. The number of carbonyl (C=O) groups is 1. The van der Waals surface area contributed by atoms with Gasteiger partial charge in [-0.2, -0.15) is 0 Å². The van der Waals surface area contributed by atoms with Crippen molar-refractivity contribution in [3.63, 3.8) is 0 Å². The van der Waals surface area contributed by atoms with Crippen molar-refractivity contribution in [1.82, 2.24) is 4.90 Å². The standard InChI is InChI=1S/C25H50ClNO/c1-3-5-7-9-11-13-15-17-19-21-23-27(25(26)28)24-22-20-18-16-14-12-10-8-6-4-2/h3-24H2,1-2H3. The van der Waals surface area contributed by atoms with Crippen LogP contribution in [0.4, 0.5) is 4.79 Å². The van der Waals surface area contributed by atoms with Gasteiger partial charge in [0.05, 0.1) is 0 Å². The Balaban J connectivity index is 3.45. The van der Waals surface area contributed by atoms with Crippen molar-refractivity contribution in [2.24, 2.45) is 0 Å². The molecule has 0 atom stereocenters. The summed E-state index contributed by atoms with van der Waals surface area (Å²) in [5, 5.41) is -0.258. The molecule has 0 fully saturated rings. The summed E-state index contributed by atoms with van der Waals surface area (Å²) in [6, 6.07) is 0. The quantitative estimate of drug-likeness (QED) is 0.0978. The molecule has 0 aromatic heterocycles. The van der Waals surface area contributed by atoms with Crippen LogP contribution in [-0.2, 0) is 0 Å². The minimum Gasteiger partial charge on any atom is -0.329 e. The highest BCUT2D eigenvalue weighted by molar-refractivity contribution is 6.62. The molecule has 0 aliphatic carbocycles. The third-order valence-electron chi connectivity index (χ3n) is 5.81. The predicted molar refractivity (Wildman–Crippen MR) is 127 cm³/mol. The zero-order valence-electron chi connectivity index (χ0n) is 19.3. The van der Waals surface area contributed by atoms with Gasteiger partial charge in [0.15, 0.2) is 0 Å². The second kappa shape index (κ2) is 23.0. The number of hydrogen-bond donors (Lipinski definition) is 0. The van der Waals surface area contributed by atoms with E-state index in [4.69, 9.17) is 11.6 Å². The van der Waals surface area contributed by atoms with Crippen LogP contribution in [0, 0.1) is 0 Å². The number of amides is 1. The average Bonchev–Trinajstić information content (AvgIpc) is 2.68. The minimum absolute atomic E-state index is 0.258. The Labute approximate surface area is 182 Å². The first-order chi connectivity index (χ1) is 13.7. The first-order valence-electron chi connectivity index (χ1n) is 12.7. The van der Waals surface area contributed by atoms with Crippen LogP contribution in [0.2, 0.25) is 0 Å². The monoisotopic (exact) mass is 415 g/mol. The highest BCUT2D eigenvalue weighted by atomic mass is 35.5. The lowest BCUT2D eigenvalue weighted by Gasteiger charge is -2.19. The lowest BCUT2D eigenvalue weighted by molar-refractivity contribution is 0.219. The molecule has 0 saturated heterocycles. The molecule has 2 nitrogen and oxygen atoms in total. The normalized spacial score (nSPS) is 11.1. The maximum Gasteiger partial charge on any atom is 0.316 e. The Kier molecular flexibility index (Phi) is 22.8. The fourth-order valence-electron chi connectivity index (χ4n) is 3.87. The van der Waals surface area contributed by atoms with E-state index >= 15 is 0 Å². The van der Waals surface area contributed by atoms with Gasteiger partial charge < -0.3 is 4.90 Å². The van der Waals surface area contributed by atoms with Crippen LogP contribution in [0.1, 0.15) is 142 Å². The number of hydrogen-bond acceptors (Lipinski definition) is 1. The van der Waals surface area contributed by atoms with Gasteiger partial charge in [0, 0.05) is 13.1 Å². The lowest BCUT2D eigenvalue weighted by Crippen LogP contribution is -2.28. The zero-order valence-corrected chi connectivity index (χ0v) is 20.0. The second-order valence-electron chi connectivity index (χ2n) is 8.60. The SMILES string of the molecule is CCCCCCCCCCCCN(CCCCCCCCCCCC)C(=O)Cl. The van der Waals surface area contributed by atoms with E-state index in [-0.39, 0.29) is 5.37 Å². The van der Waals surface area contributed by atoms with Crippen molar-refractivity contribution in [1.29, 1.82) is 0 Å². The van der Waals surface area contributed by atoms with Crippen LogP contribution in [0.25, 0.3) is 0 Å². The van der Waals surface area contributed by atoms with Crippen molar-refractivity contribution < 1.29 is 4.79 Å². The van der Waals surface area contributed by atoms with E-state index in [1.165, 1.54) is 116 Å². The van der Waals surface area contributed by atoms with E-state index in [9.17, 15) is 4.79 Å². The largest absolute Gasteiger partial charge is 0.329 e. The lowest BCUT2D eigenvalue weighted by atomic mass is 10.1. The van der Waals surface area contributed by atoms with E-state index in [1.54, 1.807) is 0 Å². The summed E-state index contributed by atoms with van der Waals surface area (Å²) in [6.07, 6.45) is 26.6. The van der Waals surface area contributed by atoms with Crippen LogP contribution < -0.4 is 0 Å². The molecule has 0 saturated carbocycles. The maximum atomic E-state index is 11.6. The highest BCUT2D eigenvalue weighted by Crippen LogP contribution is 2.13. The zero-order chi connectivity index (χ0) is 20.7. The summed E-state index contributed by atoms with van der Waals surface area (Å²) in [5.74, 6) is 0. The molecule has 3 heteroatoms. The smallest absolute Gasteiger partial charge is 0.316 e. The van der Waals surface area contributed by atoms with Gasteiger partial charge in [-0.3, -0.25) is 4.79 Å². The summed E-state index contributed by atoms with van der Waals surface area (Å²) in [6.45, 7) is 6.23. The van der Waals surface area contributed by atoms with Crippen LogP contribution in [0.5, 0.6) is 0 Å². The van der Waals surface area contributed by atoms with Gasteiger partial charge in [-0.15, -0.1) is 0 Å². The van der Waals surface area contributed by atoms with Gasteiger partial charge in [0.2, 0.25) is 0 Å². The van der Waals surface area contributed by atoms with Crippen molar-refractivity contribution >= 4 is 17.0 Å². The molecule has 0 rings (SSSR count). The summed E-state index contributed by atoms with van der Waals surface area (Å²) in [5.41, 5.74) is 0. The van der Waals surface area contributed by atoms with Gasteiger partial charge in [0.1, 0.15) is 0 Å². The number of nitrogens with zero attached hydrogens (tertiary/aromatic N) is 1. The van der Waals surface area contributed by atoms with Gasteiger partial charge in [-0.05, 0) is 24.4 Å². The van der Waals surface area contributed by atoms with Gasteiger partial charge >= 0.3 is 5.37 Å². The Hall–Kier alpha value is -0.240. The topological polar surface area (TPSA) is 20.3 Å². The molecule has 0 spiro atoms. The molecule has 0 aromatic rings. The molecular formula is C25H50ClNO. The van der Waals surface area contributed by atoms with Crippen molar-refractivity contribution in [3.8, 4) is 0 Å². The summed E-state index contributed by atoms with van der Waals surface area (Å²) < 4.78 is 0. The van der Waals surface area contributed by atoms with Crippen LogP contribution >= 0.6 is 11.6 Å². The molecular weight excluding hydrogens is 366 g/mol. The van der Waals surface area contributed by atoms with E-state index < -0.39 is 0 Å². The molecule has 0 aliphatic rings. The third kappa shape index (κ3) is 20.5. The molecule has 0 N–H and O–H groups in total. The maximum absolute atomic E-state index is 11.6. The Bertz CT molecular complexity index is 298. The van der Waals surface area contributed by atoms with Gasteiger partial charge in [-0.25, -0.2) is 0 Å². The fourth-order valence-corrected chi connectivity index (χ4v) is 4.04. The number of rotatable bonds is 22. The molecule has 0 heterocycles. The Morgan fingerprint density at radius 1 is 0.500 bits per heavy atom. The molecule has 0 aromatic carbocycles. The molecule has 168 valence electrons. The highest BCUT2D eigenvalue weighted by Gasteiger charge is 2.09. The van der Waals surface area contributed by atoms with Crippen molar-refractivity contribution in [3.05, 3.63) is 0 Å². The number of unbranched alkanes of at least 4 members (excludes halogenated alkanes) is 18. The number of carbonyl (C=O) groups excluding carboxylic acids is 1. The van der Waals surface area contributed by atoms with Gasteiger partial charge in [0.25, 0.3) is 0 Å². The first-order valence-corrected chi connectivity index (χ1v) is 13.0. The summed E-state index contributed by atoms with van der Waals surface area (Å²) >= 11 is 5.78. The van der Waals surface area contributed by atoms with Crippen molar-refractivity contribution in [2.45, 2.75) is 142 Å². The summed E-state index contributed by atoms with van der Waals surface area (Å²) in [7, 11) is 0. The molecule has 0 bridgehead atoms. The third-order valence-corrected chi connectivity index (χ3v) is 6.05. The van der Waals surface area contributed by atoms with Gasteiger partial charge in [-0.1, -0.05) is 129 Å². The van der Waals surface area contributed by atoms with Crippen LogP contribution in [0.15, 0.2) is 0 Å². The average molecular weight is 416 g/mol. The fraction of sp³-hybridized carbons (Fsp3) is 0.960. The first kappa shape index (κ1) is 27.8. The molecule has 0 radical (unpaired) electrons. The van der Waals surface area contributed by atoms with Crippen molar-refractivity contribution in [2.75, 3.05) is 13.1 Å². The number of halogens is 1. The molecule has 0 aliphatic heterocycles. The molecule has 28 heavy (non-hydrogen) atoms. The second-order valence-corrected chi connectivity index (χ2v) is 8.93. The molecule has 0 unspecified atom stereocenters. The molecule has 1 amide bonds. The summed E-state index contributed by atoms with van der Waals surface area (Å²) in [4.78, 5) is 13.5. The van der Waals surface area contributed by atoms with E-state index in [1.807, 2.05) is 4.90 Å². The van der Waals surface area contributed by atoms with Crippen LogP contribution in [-0.4, -0.2) is 23.4 Å².